The molecule has 1 aromatic heterocycles. The molecular formula is C12H22N2O2. The Morgan fingerprint density at radius 3 is 2.75 bits per heavy atom. The molecule has 16 heavy (non-hydrogen) atoms. The number of aryl methyl sites for hydroxylation is 1. The maximum atomic E-state index is 8.99. The number of nitrogens with zero attached hydrogens (tertiary/aromatic N) is 2. The van der Waals surface area contributed by atoms with Crippen LogP contribution in [-0.4, -0.2) is 34.9 Å². The molecule has 1 aromatic rings. The van der Waals surface area contributed by atoms with Crippen molar-refractivity contribution >= 4 is 0 Å². The minimum atomic E-state index is 0.197. The topological polar surface area (TPSA) is 49.5 Å². The molecule has 0 atom stereocenters. The van der Waals surface area contributed by atoms with Gasteiger partial charge >= 0.3 is 0 Å². The van der Waals surface area contributed by atoms with Gasteiger partial charge in [0.25, 0.3) is 0 Å². The fraction of sp³-hybridized carbons (Fsp3) is 0.750. The molecule has 0 aromatic carbocycles. The van der Waals surface area contributed by atoms with Gasteiger partial charge in [-0.05, 0) is 19.9 Å². The summed E-state index contributed by atoms with van der Waals surface area (Å²) in [5.41, 5.74) is 0.947. The van der Waals surface area contributed by atoms with Crippen LogP contribution in [0, 0.1) is 6.92 Å². The summed E-state index contributed by atoms with van der Waals surface area (Å²) < 4.78 is 5.03. The minimum absolute atomic E-state index is 0.197. The average molecular weight is 226 g/mol. The molecule has 0 aliphatic heterocycles. The molecule has 0 amide bonds. The van der Waals surface area contributed by atoms with E-state index in [0.29, 0.717) is 6.54 Å². The Kier molecular flexibility index (Phi) is 6.11. The zero-order chi connectivity index (χ0) is 11.8. The first-order valence-electron chi connectivity index (χ1n) is 6.01. The lowest BCUT2D eigenvalue weighted by Gasteiger charge is -2.19. The third kappa shape index (κ3) is 4.77. The van der Waals surface area contributed by atoms with Crippen molar-refractivity contribution in [2.75, 3.05) is 19.7 Å². The van der Waals surface area contributed by atoms with Gasteiger partial charge in [-0.25, -0.2) is 0 Å². The Balaban J connectivity index is 2.37. The maximum Gasteiger partial charge on any atom is 0.133 e. The number of aromatic nitrogens is 1. The number of hydrogen-bond donors (Lipinski definition) is 1. The highest BCUT2D eigenvalue weighted by molar-refractivity contribution is 5.03. The lowest BCUT2D eigenvalue weighted by atomic mass is 10.2. The van der Waals surface area contributed by atoms with Crippen molar-refractivity contribution in [3.63, 3.8) is 0 Å². The fourth-order valence-corrected chi connectivity index (χ4v) is 1.72. The largest absolute Gasteiger partial charge is 0.395 e. The SMILES string of the molecule is CCCCCN(CCO)Cc1cc(C)on1. The zero-order valence-corrected chi connectivity index (χ0v) is 10.3. The lowest BCUT2D eigenvalue weighted by Crippen LogP contribution is -2.27. The molecule has 0 aliphatic carbocycles. The van der Waals surface area contributed by atoms with Gasteiger partial charge in [-0.15, -0.1) is 0 Å². The van der Waals surface area contributed by atoms with Crippen LogP contribution in [0.3, 0.4) is 0 Å². The van der Waals surface area contributed by atoms with E-state index < -0.39 is 0 Å². The second kappa shape index (κ2) is 7.41. The summed E-state index contributed by atoms with van der Waals surface area (Å²) in [5.74, 6) is 0.840. The van der Waals surface area contributed by atoms with E-state index in [1.165, 1.54) is 19.3 Å². The number of aliphatic hydroxyl groups is 1. The molecule has 1 rings (SSSR count). The van der Waals surface area contributed by atoms with E-state index in [2.05, 4.69) is 17.0 Å². The Morgan fingerprint density at radius 2 is 2.19 bits per heavy atom. The Labute approximate surface area is 97.2 Å². The molecule has 1 N–H and O–H groups in total. The van der Waals surface area contributed by atoms with Crippen molar-refractivity contribution in [2.24, 2.45) is 0 Å². The monoisotopic (exact) mass is 226 g/mol. The normalized spacial score (nSPS) is 11.2. The molecule has 0 bridgehead atoms. The van der Waals surface area contributed by atoms with E-state index in [-0.39, 0.29) is 6.61 Å². The first kappa shape index (κ1) is 13.2. The van der Waals surface area contributed by atoms with Crippen molar-refractivity contribution in [2.45, 2.75) is 39.7 Å². The third-order valence-electron chi connectivity index (χ3n) is 2.56. The highest BCUT2D eigenvalue weighted by Crippen LogP contribution is 2.07. The Bertz CT molecular complexity index is 286. The van der Waals surface area contributed by atoms with E-state index in [1.54, 1.807) is 0 Å². The average Bonchev–Trinajstić information content (AvgIpc) is 2.65. The molecule has 0 spiro atoms. The van der Waals surface area contributed by atoms with Gasteiger partial charge in [0.1, 0.15) is 5.76 Å². The van der Waals surface area contributed by atoms with Crippen molar-refractivity contribution in [1.29, 1.82) is 0 Å². The van der Waals surface area contributed by atoms with Crippen molar-refractivity contribution in [3.8, 4) is 0 Å². The molecule has 0 unspecified atom stereocenters. The standard InChI is InChI=1S/C12H22N2O2/c1-3-4-5-6-14(7-8-15)10-12-9-11(2)16-13-12/h9,15H,3-8,10H2,1-2H3. The first-order valence-corrected chi connectivity index (χ1v) is 6.01. The third-order valence-corrected chi connectivity index (χ3v) is 2.56. The predicted molar refractivity (Wildman–Crippen MR) is 63.1 cm³/mol. The van der Waals surface area contributed by atoms with Crippen molar-refractivity contribution in [3.05, 3.63) is 17.5 Å². The van der Waals surface area contributed by atoms with E-state index in [0.717, 1.165) is 24.5 Å². The maximum absolute atomic E-state index is 8.99. The number of aliphatic hydroxyl groups excluding tert-OH is 1. The van der Waals surface area contributed by atoms with Gasteiger partial charge < -0.3 is 9.63 Å². The number of unbranched alkanes of at least 4 members (excludes halogenated alkanes) is 2. The van der Waals surface area contributed by atoms with Gasteiger partial charge in [-0.2, -0.15) is 0 Å². The van der Waals surface area contributed by atoms with Crippen molar-refractivity contribution in [1.82, 2.24) is 10.1 Å². The molecule has 0 aliphatic rings. The van der Waals surface area contributed by atoms with Gasteiger partial charge in [0.15, 0.2) is 0 Å². The summed E-state index contributed by atoms with van der Waals surface area (Å²) >= 11 is 0. The second-order valence-electron chi connectivity index (χ2n) is 4.14. The van der Waals surface area contributed by atoms with Gasteiger partial charge in [0, 0.05) is 19.2 Å². The summed E-state index contributed by atoms with van der Waals surface area (Å²) in [4.78, 5) is 2.22. The van der Waals surface area contributed by atoms with Crippen LogP contribution in [0.2, 0.25) is 0 Å². The summed E-state index contributed by atoms with van der Waals surface area (Å²) in [7, 11) is 0. The van der Waals surface area contributed by atoms with Gasteiger partial charge in [0.05, 0.1) is 12.3 Å². The summed E-state index contributed by atoms with van der Waals surface area (Å²) in [6.45, 7) is 6.77. The summed E-state index contributed by atoms with van der Waals surface area (Å²) in [6, 6.07) is 1.95. The quantitative estimate of drug-likeness (QED) is 0.688. The number of hydrogen-bond acceptors (Lipinski definition) is 4. The highest BCUT2D eigenvalue weighted by Gasteiger charge is 2.08. The van der Waals surface area contributed by atoms with Crippen LogP contribution in [0.15, 0.2) is 10.6 Å². The van der Waals surface area contributed by atoms with Crippen LogP contribution in [0.5, 0.6) is 0 Å². The molecule has 0 saturated heterocycles. The van der Waals surface area contributed by atoms with Crippen LogP contribution < -0.4 is 0 Å². The first-order chi connectivity index (χ1) is 7.76. The molecule has 0 fully saturated rings. The molecular weight excluding hydrogens is 204 g/mol. The smallest absolute Gasteiger partial charge is 0.133 e. The van der Waals surface area contributed by atoms with E-state index in [1.807, 2.05) is 13.0 Å². The van der Waals surface area contributed by atoms with Gasteiger partial charge in [0.2, 0.25) is 0 Å². The Morgan fingerprint density at radius 1 is 1.38 bits per heavy atom. The molecule has 4 heteroatoms. The second-order valence-corrected chi connectivity index (χ2v) is 4.14. The molecule has 1 heterocycles. The lowest BCUT2D eigenvalue weighted by molar-refractivity contribution is 0.184. The van der Waals surface area contributed by atoms with Gasteiger partial charge in [-0.1, -0.05) is 24.9 Å². The predicted octanol–water partition coefficient (Wildman–Crippen LogP) is 1.97. The van der Waals surface area contributed by atoms with Crippen molar-refractivity contribution < 1.29 is 9.63 Å². The van der Waals surface area contributed by atoms with Gasteiger partial charge in [-0.3, -0.25) is 4.90 Å². The van der Waals surface area contributed by atoms with Crippen LogP contribution in [-0.2, 0) is 6.54 Å². The van der Waals surface area contributed by atoms with Crippen LogP contribution >= 0.6 is 0 Å². The molecule has 4 nitrogen and oxygen atoms in total. The summed E-state index contributed by atoms with van der Waals surface area (Å²) in [6.07, 6.45) is 3.63. The summed E-state index contributed by atoms with van der Waals surface area (Å²) in [5, 5.41) is 13.0. The molecule has 92 valence electrons. The minimum Gasteiger partial charge on any atom is -0.395 e. The number of rotatable bonds is 8. The van der Waals surface area contributed by atoms with Crippen LogP contribution in [0.1, 0.15) is 37.6 Å². The van der Waals surface area contributed by atoms with E-state index >= 15 is 0 Å². The highest BCUT2D eigenvalue weighted by atomic mass is 16.5. The fourth-order valence-electron chi connectivity index (χ4n) is 1.72. The zero-order valence-electron chi connectivity index (χ0n) is 10.3. The molecule has 0 radical (unpaired) electrons. The van der Waals surface area contributed by atoms with Crippen LogP contribution in [0.25, 0.3) is 0 Å². The van der Waals surface area contributed by atoms with E-state index in [4.69, 9.17) is 9.63 Å². The molecule has 0 saturated carbocycles. The Hall–Kier alpha value is -0.870. The van der Waals surface area contributed by atoms with Crippen LogP contribution in [0.4, 0.5) is 0 Å². The van der Waals surface area contributed by atoms with E-state index in [9.17, 15) is 0 Å².